The quantitative estimate of drug-likeness (QED) is 0.330. The molecule has 0 bridgehead atoms. The molecule has 4 rings (SSSR count). The van der Waals surface area contributed by atoms with Crippen molar-refractivity contribution >= 4 is 58.2 Å². The molecule has 1 amide bonds. The van der Waals surface area contributed by atoms with Gasteiger partial charge in [-0.25, -0.2) is 0 Å². The Hall–Kier alpha value is -2.86. The summed E-state index contributed by atoms with van der Waals surface area (Å²) in [6.45, 7) is 0.374. The van der Waals surface area contributed by atoms with E-state index in [1.165, 1.54) is 4.90 Å². The Morgan fingerprint density at radius 1 is 1.00 bits per heavy atom. The largest absolute Gasteiger partial charge is 0.487 e. The Bertz CT molecular complexity index is 1160. The van der Waals surface area contributed by atoms with Crippen molar-refractivity contribution in [1.29, 1.82) is 0 Å². The van der Waals surface area contributed by atoms with Gasteiger partial charge in [0.2, 0.25) is 0 Å². The lowest BCUT2D eigenvalue weighted by Gasteiger charge is -2.16. The molecule has 1 fully saturated rings. The summed E-state index contributed by atoms with van der Waals surface area (Å²) in [6, 6.07) is 22.2. The van der Waals surface area contributed by atoms with Crippen molar-refractivity contribution in [2.24, 2.45) is 0 Å². The zero-order valence-electron chi connectivity index (χ0n) is 16.6. The number of carbonyl (C=O) groups is 1. The maximum Gasteiger partial charge on any atom is 0.281 e. The number of para-hydroxylation sites is 1. The van der Waals surface area contributed by atoms with Crippen molar-refractivity contribution in [3.63, 3.8) is 0 Å². The van der Waals surface area contributed by atoms with Gasteiger partial charge in [0.25, 0.3) is 5.91 Å². The van der Waals surface area contributed by atoms with E-state index in [0.29, 0.717) is 33.2 Å². The van der Waals surface area contributed by atoms with Gasteiger partial charge >= 0.3 is 0 Å². The van der Waals surface area contributed by atoms with Crippen LogP contribution in [0.5, 0.6) is 5.75 Å². The van der Waals surface area contributed by atoms with Crippen LogP contribution >= 0.6 is 35.4 Å². The van der Waals surface area contributed by atoms with Gasteiger partial charge < -0.3 is 9.64 Å². The summed E-state index contributed by atoms with van der Waals surface area (Å²) in [4.78, 5) is 16.2. The minimum atomic E-state index is -0.183. The van der Waals surface area contributed by atoms with Gasteiger partial charge in [-0.15, -0.1) is 0 Å². The average Bonchev–Trinajstić information content (AvgIpc) is 2.98. The molecular weight excluding hydrogens is 451 g/mol. The molecule has 0 aromatic heterocycles. The first-order valence-electron chi connectivity index (χ1n) is 9.50. The normalized spacial score (nSPS) is 15.1. The number of benzene rings is 3. The second kappa shape index (κ2) is 9.10. The number of hydrogen-bond donors (Lipinski definition) is 0. The van der Waals surface area contributed by atoms with Crippen molar-refractivity contribution in [2.45, 2.75) is 6.61 Å². The highest BCUT2D eigenvalue weighted by Crippen LogP contribution is 2.30. The molecule has 1 aliphatic rings. The summed E-state index contributed by atoms with van der Waals surface area (Å²) in [5, 5.41) is 1.56. The summed E-state index contributed by atoms with van der Waals surface area (Å²) >= 11 is 17.8. The number of hydrogen-bond acceptors (Lipinski definition) is 3. The second-order valence-electron chi connectivity index (χ2n) is 6.95. The molecule has 0 aliphatic carbocycles. The van der Waals surface area contributed by atoms with Crippen LogP contribution in [0.1, 0.15) is 11.1 Å². The van der Waals surface area contributed by atoms with Gasteiger partial charge in [0, 0.05) is 12.1 Å². The lowest BCUT2D eigenvalue weighted by molar-refractivity contribution is -0.114. The molecule has 156 valence electrons. The minimum absolute atomic E-state index is 0.183. The highest BCUT2D eigenvalue weighted by Gasteiger charge is 2.36. The second-order valence-corrected chi connectivity index (χ2v) is 8.16. The molecule has 0 unspecified atom stereocenters. The predicted octanol–water partition coefficient (Wildman–Crippen LogP) is 6.18. The number of anilines is 1. The van der Waals surface area contributed by atoms with E-state index in [0.717, 1.165) is 16.8 Å². The highest BCUT2D eigenvalue weighted by atomic mass is 35.5. The van der Waals surface area contributed by atoms with Crippen molar-refractivity contribution < 1.29 is 9.53 Å². The Balaban J connectivity index is 1.53. The van der Waals surface area contributed by atoms with E-state index >= 15 is 0 Å². The summed E-state index contributed by atoms with van der Waals surface area (Å²) in [5.41, 5.74) is 2.97. The zero-order valence-corrected chi connectivity index (χ0v) is 18.9. The van der Waals surface area contributed by atoms with E-state index in [-0.39, 0.29) is 5.91 Å². The fourth-order valence-corrected chi connectivity index (χ4v) is 3.84. The van der Waals surface area contributed by atoms with Crippen LogP contribution in [0, 0.1) is 0 Å². The van der Waals surface area contributed by atoms with E-state index in [2.05, 4.69) is 0 Å². The molecule has 31 heavy (non-hydrogen) atoms. The lowest BCUT2D eigenvalue weighted by atomic mass is 10.1. The van der Waals surface area contributed by atoms with E-state index in [9.17, 15) is 4.79 Å². The van der Waals surface area contributed by atoms with Crippen molar-refractivity contribution in [2.75, 3.05) is 11.9 Å². The first-order valence-corrected chi connectivity index (χ1v) is 10.7. The van der Waals surface area contributed by atoms with Gasteiger partial charge in [-0.1, -0.05) is 59.6 Å². The molecule has 0 saturated carbocycles. The molecule has 3 aromatic carbocycles. The Morgan fingerprint density at radius 2 is 1.71 bits per heavy atom. The number of ether oxygens (including phenoxy) is 1. The molecule has 0 N–H and O–H groups in total. The molecule has 1 saturated heterocycles. The number of amides is 1. The number of carbonyl (C=O) groups excluding carboxylic acids is 1. The minimum Gasteiger partial charge on any atom is -0.487 e. The molecule has 7 heteroatoms. The monoisotopic (exact) mass is 468 g/mol. The van der Waals surface area contributed by atoms with Gasteiger partial charge in [-0.2, -0.15) is 0 Å². The number of thiocarbonyl (C=S) groups is 1. The third kappa shape index (κ3) is 4.59. The average molecular weight is 469 g/mol. The topological polar surface area (TPSA) is 32.8 Å². The molecule has 4 nitrogen and oxygen atoms in total. The van der Waals surface area contributed by atoms with Crippen molar-refractivity contribution in [1.82, 2.24) is 4.90 Å². The molecular formula is C24H18Cl2N2O2S. The van der Waals surface area contributed by atoms with Crippen LogP contribution in [-0.4, -0.2) is 23.0 Å². The van der Waals surface area contributed by atoms with Crippen LogP contribution in [0.2, 0.25) is 10.0 Å². The molecule has 0 atom stereocenters. The van der Waals surface area contributed by atoms with Crippen LogP contribution in [0.15, 0.2) is 78.5 Å². The van der Waals surface area contributed by atoms with Crippen LogP contribution in [0.4, 0.5) is 5.69 Å². The summed E-state index contributed by atoms with van der Waals surface area (Å²) in [6.07, 6.45) is 1.77. The predicted molar refractivity (Wildman–Crippen MR) is 130 cm³/mol. The Morgan fingerprint density at radius 3 is 2.39 bits per heavy atom. The fourth-order valence-electron chi connectivity index (χ4n) is 3.18. The summed E-state index contributed by atoms with van der Waals surface area (Å²) in [5.74, 6) is 0.379. The first-order chi connectivity index (χ1) is 14.9. The smallest absolute Gasteiger partial charge is 0.281 e. The SMILES string of the molecule is CN1C(=S)N(c2ccccc2)C(=O)/C1=C/c1ccc(OCc2ccc(Cl)cc2)c(Cl)c1. The van der Waals surface area contributed by atoms with Crippen molar-refractivity contribution in [3.8, 4) is 5.75 Å². The van der Waals surface area contributed by atoms with Crippen LogP contribution < -0.4 is 9.64 Å². The third-order valence-electron chi connectivity index (χ3n) is 4.84. The van der Waals surface area contributed by atoms with Crippen LogP contribution in [0.25, 0.3) is 6.08 Å². The fraction of sp³-hybridized carbons (Fsp3) is 0.0833. The van der Waals surface area contributed by atoms with E-state index < -0.39 is 0 Å². The Labute approximate surface area is 196 Å². The summed E-state index contributed by atoms with van der Waals surface area (Å²) in [7, 11) is 1.78. The van der Waals surface area contributed by atoms with E-state index in [1.54, 1.807) is 30.2 Å². The van der Waals surface area contributed by atoms with Gasteiger partial charge in [0.05, 0.1) is 10.7 Å². The molecule has 1 heterocycles. The molecule has 3 aromatic rings. The van der Waals surface area contributed by atoms with Crippen LogP contribution in [0.3, 0.4) is 0 Å². The van der Waals surface area contributed by atoms with Gasteiger partial charge in [0.1, 0.15) is 18.1 Å². The van der Waals surface area contributed by atoms with E-state index in [4.69, 9.17) is 40.2 Å². The standard InChI is InChI=1S/C24H18Cl2N2O2S/c1-27-21(23(29)28(24(27)31)19-5-3-2-4-6-19)14-17-9-12-22(20(26)13-17)30-15-16-7-10-18(25)11-8-16/h2-14H,15H2,1H3/b21-14-. The molecule has 0 spiro atoms. The van der Waals surface area contributed by atoms with E-state index in [1.807, 2.05) is 60.7 Å². The number of halogens is 2. The number of likely N-dealkylation sites (N-methyl/N-ethyl adjacent to an activating group) is 1. The summed E-state index contributed by atoms with van der Waals surface area (Å²) < 4.78 is 5.82. The maximum absolute atomic E-state index is 13.0. The van der Waals surface area contributed by atoms with Gasteiger partial charge in [0.15, 0.2) is 5.11 Å². The van der Waals surface area contributed by atoms with Crippen LogP contribution in [-0.2, 0) is 11.4 Å². The zero-order chi connectivity index (χ0) is 22.0. The molecule has 1 aliphatic heterocycles. The van der Waals surface area contributed by atoms with Crippen molar-refractivity contribution in [3.05, 3.63) is 99.7 Å². The highest BCUT2D eigenvalue weighted by molar-refractivity contribution is 7.80. The lowest BCUT2D eigenvalue weighted by Crippen LogP contribution is -2.30. The Kier molecular flexibility index (Phi) is 6.28. The number of rotatable bonds is 5. The van der Waals surface area contributed by atoms with Gasteiger partial charge in [-0.3, -0.25) is 9.69 Å². The van der Waals surface area contributed by atoms with Gasteiger partial charge in [-0.05, 0) is 65.8 Å². The first kappa shape index (κ1) is 21.4. The maximum atomic E-state index is 13.0. The molecule has 0 radical (unpaired) electrons. The third-order valence-corrected chi connectivity index (χ3v) is 5.85. The number of nitrogens with zero attached hydrogens (tertiary/aromatic N) is 2.